The number of benzene rings is 2. The summed E-state index contributed by atoms with van der Waals surface area (Å²) < 4.78 is 13.0. The molecule has 3 rings (SSSR count). The average molecular weight is 423 g/mol. The number of anilines is 2. The van der Waals surface area contributed by atoms with Crippen LogP contribution in [0.3, 0.4) is 0 Å². The van der Waals surface area contributed by atoms with E-state index in [2.05, 4.69) is 15.2 Å². The Bertz CT molecular complexity index is 1010. The van der Waals surface area contributed by atoms with E-state index < -0.39 is 0 Å². The van der Waals surface area contributed by atoms with Crippen molar-refractivity contribution in [1.82, 2.24) is 9.88 Å². The fourth-order valence-electron chi connectivity index (χ4n) is 3.25. The first-order valence-corrected chi connectivity index (χ1v) is 10.1. The molecule has 0 radical (unpaired) electrons. The number of halogens is 1. The molecule has 0 saturated heterocycles. The third-order valence-corrected chi connectivity index (χ3v) is 4.90. The molecule has 7 heteroatoms. The zero-order valence-corrected chi connectivity index (χ0v) is 17.8. The van der Waals surface area contributed by atoms with E-state index in [0.717, 1.165) is 37.4 Å². The van der Waals surface area contributed by atoms with Crippen LogP contribution in [0.5, 0.6) is 5.75 Å². The van der Waals surface area contributed by atoms with Gasteiger partial charge in [-0.2, -0.15) is 0 Å². The van der Waals surface area contributed by atoms with Gasteiger partial charge in [-0.3, -0.25) is 4.79 Å². The molecule has 0 unspecified atom stereocenters. The predicted molar refractivity (Wildman–Crippen MR) is 121 cm³/mol. The Kier molecular flexibility index (Phi) is 7.56. The van der Waals surface area contributed by atoms with Crippen molar-refractivity contribution in [1.29, 1.82) is 0 Å². The second-order valence-corrected chi connectivity index (χ2v) is 7.55. The van der Waals surface area contributed by atoms with Crippen molar-refractivity contribution >= 4 is 17.4 Å². The van der Waals surface area contributed by atoms with Crippen LogP contribution >= 0.6 is 0 Å². The molecule has 0 spiro atoms. The SMILES string of the molecule is CN(CCCN(C)c1cc(NC(=O)c2ccc(F)cc2)ccn1)Cc1cccc(O)c1. The first-order valence-electron chi connectivity index (χ1n) is 10.1. The fourth-order valence-corrected chi connectivity index (χ4v) is 3.25. The van der Waals surface area contributed by atoms with E-state index in [-0.39, 0.29) is 17.5 Å². The standard InChI is InChI=1S/C24H27FN4O2/c1-28(17-18-5-3-6-22(30)15-18)13-4-14-29(2)23-16-21(11-12-26-23)27-24(31)19-7-9-20(25)10-8-19/h3,5-12,15-16,30H,4,13-14,17H2,1-2H3,(H,26,27,31). The van der Waals surface area contributed by atoms with Gasteiger partial charge in [0.25, 0.3) is 5.91 Å². The molecule has 6 nitrogen and oxygen atoms in total. The number of nitrogens with one attached hydrogen (secondary N) is 1. The number of phenolic OH excluding ortho intramolecular Hbond substituents is 1. The Morgan fingerprint density at radius 3 is 2.58 bits per heavy atom. The summed E-state index contributed by atoms with van der Waals surface area (Å²) in [5, 5.41) is 12.4. The Morgan fingerprint density at radius 1 is 1.06 bits per heavy atom. The normalized spacial score (nSPS) is 10.8. The molecule has 0 atom stereocenters. The molecular formula is C24H27FN4O2. The van der Waals surface area contributed by atoms with Crippen LogP contribution in [0.4, 0.5) is 15.9 Å². The summed E-state index contributed by atoms with van der Waals surface area (Å²) in [7, 11) is 4.01. The summed E-state index contributed by atoms with van der Waals surface area (Å²) in [6.45, 7) is 2.45. The minimum Gasteiger partial charge on any atom is -0.508 e. The monoisotopic (exact) mass is 422 g/mol. The number of aromatic hydroxyl groups is 1. The molecular weight excluding hydrogens is 395 g/mol. The third kappa shape index (κ3) is 6.79. The first kappa shape index (κ1) is 22.2. The molecule has 162 valence electrons. The van der Waals surface area contributed by atoms with E-state index in [9.17, 15) is 14.3 Å². The van der Waals surface area contributed by atoms with Gasteiger partial charge in [0.15, 0.2) is 0 Å². The van der Waals surface area contributed by atoms with Gasteiger partial charge in [-0.1, -0.05) is 12.1 Å². The van der Waals surface area contributed by atoms with Crippen LogP contribution in [0.2, 0.25) is 0 Å². The van der Waals surface area contributed by atoms with Crippen LogP contribution in [0, 0.1) is 5.82 Å². The summed E-state index contributed by atoms with van der Waals surface area (Å²) in [5.74, 6) is 0.362. The van der Waals surface area contributed by atoms with Crippen LogP contribution < -0.4 is 10.2 Å². The number of hydrogen-bond acceptors (Lipinski definition) is 5. The lowest BCUT2D eigenvalue weighted by Gasteiger charge is -2.21. The number of rotatable bonds is 9. The van der Waals surface area contributed by atoms with Crippen molar-refractivity contribution in [2.24, 2.45) is 0 Å². The number of amides is 1. The van der Waals surface area contributed by atoms with E-state index in [1.54, 1.807) is 24.4 Å². The minimum atomic E-state index is -0.378. The van der Waals surface area contributed by atoms with Gasteiger partial charge in [-0.15, -0.1) is 0 Å². The van der Waals surface area contributed by atoms with E-state index >= 15 is 0 Å². The Labute approximate surface area is 182 Å². The predicted octanol–water partition coefficient (Wildman–Crippen LogP) is 4.14. The zero-order chi connectivity index (χ0) is 22.2. The van der Waals surface area contributed by atoms with Crippen LogP contribution in [0.15, 0.2) is 66.9 Å². The van der Waals surface area contributed by atoms with Crippen molar-refractivity contribution in [3.05, 3.63) is 83.8 Å². The molecule has 0 aliphatic carbocycles. The van der Waals surface area contributed by atoms with Crippen molar-refractivity contribution in [3.63, 3.8) is 0 Å². The summed E-state index contributed by atoms with van der Waals surface area (Å²) in [6, 6.07) is 16.3. The van der Waals surface area contributed by atoms with Crippen molar-refractivity contribution in [2.45, 2.75) is 13.0 Å². The Hall–Kier alpha value is -3.45. The van der Waals surface area contributed by atoms with Gasteiger partial charge in [0.2, 0.25) is 0 Å². The largest absolute Gasteiger partial charge is 0.508 e. The van der Waals surface area contributed by atoms with Crippen LogP contribution in [0.25, 0.3) is 0 Å². The van der Waals surface area contributed by atoms with Crippen molar-refractivity contribution in [3.8, 4) is 5.75 Å². The topological polar surface area (TPSA) is 68.7 Å². The summed E-state index contributed by atoms with van der Waals surface area (Å²) in [6.07, 6.45) is 2.58. The Balaban J connectivity index is 1.49. The van der Waals surface area contributed by atoms with Gasteiger partial charge in [-0.05, 0) is 68.0 Å². The van der Waals surface area contributed by atoms with Gasteiger partial charge in [0, 0.05) is 43.7 Å². The van der Waals surface area contributed by atoms with Gasteiger partial charge in [0.05, 0.1) is 0 Å². The number of hydrogen-bond donors (Lipinski definition) is 2. The highest BCUT2D eigenvalue weighted by molar-refractivity contribution is 6.04. The molecule has 1 heterocycles. The number of aromatic nitrogens is 1. The fraction of sp³-hybridized carbons (Fsp3) is 0.250. The molecule has 0 bridgehead atoms. The molecule has 0 fully saturated rings. The van der Waals surface area contributed by atoms with Gasteiger partial charge >= 0.3 is 0 Å². The van der Waals surface area contributed by atoms with Gasteiger partial charge in [-0.25, -0.2) is 9.37 Å². The van der Waals surface area contributed by atoms with Gasteiger partial charge in [0.1, 0.15) is 17.4 Å². The Morgan fingerprint density at radius 2 is 1.84 bits per heavy atom. The number of nitrogens with zero attached hydrogens (tertiary/aromatic N) is 3. The maximum Gasteiger partial charge on any atom is 0.255 e. The molecule has 2 aromatic carbocycles. The molecule has 1 aromatic heterocycles. The lowest BCUT2D eigenvalue weighted by atomic mass is 10.2. The maximum absolute atomic E-state index is 13.0. The lowest BCUT2D eigenvalue weighted by Crippen LogP contribution is -2.26. The summed E-state index contributed by atoms with van der Waals surface area (Å²) >= 11 is 0. The van der Waals surface area contributed by atoms with E-state index in [0.29, 0.717) is 11.3 Å². The van der Waals surface area contributed by atoms with Crippen LogP contribution in [-0.4, -0.2) is 48.1 Å². The van der Waals surface area contributed by atoms with E-state index in [4.69, 9.17) is 0 Å². The third-order valence-electron chi connectivity index (χ3n) is 4.90. The van der Waals surface area contributed by atoms with E-state index in [1.165, 1.54) is 24.3 Å². The molecule has 0 aliphatic heterocycles. The highest BCUT2D eigenvalue weighted by atomic mass is 19.1. The second kappa shape index (κ2) is 10.5. The highest BCUT2D eigenvalue weighted by Crippen LogP contribution is 2.17. The van der Waals surface area contributed by atoms with Crippen LogP contribution in [0.1, 0.15) is 22.3 Å². The molecule has 2 N–H and O–H groups in total. The highest BCUT2D eigenvalue weighted by Gasteiger charge is 2.09. The molecule has 3 aromatic rings. The van der Waals surface area contributed by atoms with Crippen LogP contribution in [-0.2, 0) is 6.54 Å². The van der Waals surface area contributed by atoms with Crippen molar-refractivity contribution < 1.29 is 14.3 Å². The first-order chi connectivity index (χ1) is 14.9. The molecule has 31 heavy (non-hydrogen) atoms. The maximum atomic E-state index is 13.0. The van der Waals surface area contributed by atoms with E-state index in [1.807, 2.05) is 37.2 Å². The molecule has 0 aliphatic rings. The minimum absolute atomic E-state index is 0.281. The second-order valence-electron chi connectivity index (χ2n) is 7.55. The zero-order valence-electron chi connectivity index (χ0n) is 17.8. The van der Waals surface area contributed by atoms with Crippen molar-refractivity contribution in [2.75, 3.05) is 37.4 Å². The number of carbonyl (C=O) groups is 1. The summed E-state index contributed by atoms with van der Waals surface area (Å²) in [5.41, 5.74) is 2.09. The lowest BCUT2D eigenvalue weighted by molar-refractivity contribution is 0.102. The molecule has 0 saturated carbocycles. The smallest absolute Gasteiger partial charge is 0.255 e. The van der Waals surface area contributed by atoms with Gasteiger partial charge < -0.3 is 20.2 Å². The average Bonchev–Trinajstić information content (AvgIpc) is 2.74. The quantitative estimate of drug-likeness (QED) is 0.543. The summed E-state index contributed by atoms with van der Waals surface area (Å²) in [4.78, 5) is 21.0. The number of carbonyl (C=O) groups excluding carboxylic acids is 1. The number of pyridine rings is 1. The molecule has 1 amide bonds. The number of phenols is 1.